The molecular formula is C14H10Cl2N2O3. The number of nitrogens with zero attached hydrogens (tertiary/aromatic N) is 1. The maximum atomic E-state index is 11.7. The molecule has 1 aromatic heterocycles. The zero-order chi connectivity index (χ0) is 15.2. The van der Waals surface area contributed by atoms with Crippen LogP contribution in [-0.2, 0) is 9.53 Å². The second-order valence-electron chi connectivity index (χ2n) is 3.97. The fourth-order valence-corrected chi connectivity index (χ4v) is 1.83. The molecule has 2 rings (SSSR count). The normalized spacial score (nSPS) is 10.0. The summed E-state index contributed by atoms with van der Waals surface area (Å²) in [7, 11) is 0. The Morgan fingerprint density at radius 2 is 2.00 bits per heavy atom. The van der Waals surface area contributed by atoms with Crippen molar-refractivity contribution < 1.29 is 14.3 Å². The number of benzene rings is 1. The summed E-state index contributed by atoms with van der Waals surface area (Å²) in [6, 6.07) is 7.98. The van der Waals surface area contributed by atoms with Gasteiger partial charge in [-0.15, -0.1) is 0 Å². The molecule has 1 amide bonds. The van der Waals surface area contributed by atoms with Crippen LogP contribution < -0.4 is 5.32 Å². The molecule has 0 atom stereocenters. The number of pyridine rings is 1. The average molecular weight is 325 g/mol. The minimum absolute atomic E-state index is 0.228. The van der Waals surface area contributed by atoms with Crippen molar-refractivity contribution in [3.63, 3.8) is 0 Å². The van der Waals surface area contributed by atoms with Crippen molar-refractivity contribution in [1.29, 1.82) is 0 Å². The number of hydrogen-bond acceptors (Lipinski definition) is 4. The summed E-state index contributed by atoms with van der Waals surface area (Å²) in [6.07, 6.45) is 2.89. The van der Waals surface area contributed by atoms with Crippen LogP contribution >= 0.6 is 23.2 Å². The fraction of sp³-hybridized carbons (Fsp3) is 0.0714. The van der Waals surface area contributed by atoms with Gasteiger partial charge in [0, 0.05) is 12.4 Å². The van der Waals surface area contributed by atoms with Crippen LogP contribution in [0.5, 0.6) is 0 Å². The molecule has 0 aliphatic heterocycles. The number of carbonyl (C=O) groups excluding carboxylic acids is 2. The van der Waals surface area contributed by atoms with Gasteiger partial charge in [0.15, 0.2) is 6.61 Å². The van der Waals surface area contributed by atoms with E-state index in [9.17, 15) is 9.59 Å². The standard InChI is InChI=1S/C14H10Cl2N2O3/c15-10-4-1-5-11(13(10)16)18-12(19)8-21-14(20)9-3-2-6-17-7-9/h1-7H,8H2,(H,18,19). The molecule has 0 bridgehead atoms. The Bertz CT molecular complexity index is 663. The number of anilines is 1. The summed E-state index contributed by atoms with van der Waals surface area (Å²) in [6.45, 7) is -0.434. The average Bonchev–Trinajstić information content (AvgIpc) is 2.50. The summed E-state index contributed by atoms with van der Waals surface area (Å²) in [5, 5.41) is 3.06. The number of halogens is 2. The maximum Gasteiger partial charge on any atom is 0.340 e. The van der Waals surface area contributed by atoms with Crippen LogP contribution in [0.4, 0.5) is 5.69 Å². The van der Waals surface area contributed by atoms with Gasteiger partial charge in [-0.2, -0.15) is 0 Å². The molecule has 0 aliphatic carbocycles. The van der Waals surface area contributed by atoms with Gasteiger partial charge in [-0.25, -0.2) is 4.79 Å². The van der Waals surface area contributed by atoms with Crippen LogP contribution in [0.15, 0.2) is 42.7 Å². The van der Waals surface area contributed by atoms with Gasteiger partial charge in [-0.05, 0) is 24.3 Å². The van der Waals surface area contributed by atoms with Gasteiger partial charge in [-0.3, -0.25) is 9.78 Å². The van der Waals surface area contributed by atoms with Gasteiger partial charge >= 0.3 is 5.97 Å². The smallest absolute Gasteiger partial charge is 0.340 e. The largest absolute Gasteiger partial charge is 0.452 e. The van der Waals surface area contributed by atoms with E-state index in [0.29, 0.717) is 10.7 Å². The minimum Gasteiger partial charge on any atom is -0.452 e. The lowest BCUT2D eigenvalue weighted by Gasteiger charge is -2.08. The quantitative estimate of drug-likeness (QED) is 0.877. The van der Waals surface area contributed by atoms with E-state index in [2.05, 4.69) is 10.3 Å². The zero-order valence-corrected chi connectivity index (χ0v) is 12.2. The predicted octanol–water partition coefficient (Wildman–Crippen LogP) is 3.18. The molecule has 0 spiro atoms. The minimum atomic E-state index is -0.629. The third-order valence-electron chi connectivity index (χ3n) is 2.46. The molecule has 108 valence electrons. The fourth-order valence-electron chi connectivity index (χ4n) is 1.48. The molecular weight excluding hydrogens is 315 g/mol. The van der Waals surface area contributed by atoms with Crippen molar-refractivity contribution in [3.05, 3.63) is 58.3 Å². The van der Waals surface area contributed by atoms with E-state index >= 15 is 0 Å². The first-order chi connectivity index (χ1) is 10.1. The molecule has 0 unspecified atom stereocenters. The highest BCUT2D eigenvalue weighted by atomic mass is 35.5. The van der Waals surface area contributed by atoms with Crippen molar-refractivity contribution in [2.75, 3.05) is 11.9 Å². The molecule has 0 fully saturated rings. The van der Waals surface area contributed by atoms with Crippen molar-refractivity contribution >= 4 is 40.8 Å². The van der Waals surface area contributed by atoms with Gasteiger partial charge in [0.05, 0.1) is 21.3 Å². The maximum absolute atomic E-state index is 11.7. The number of carbonyl (C=O) groups is 2. The number of aromatic nitrogens is 1. The second-order valence-corrected chi connectivity index (χ2v) is 4.75. The van der Waals surface area contributed by atoms with Crippen LogP contribution in [0.2, 0.25) is 10.0 Å². The summed E-state index contributed by atoms with van der Waals surface area (Å²) in [5.41, 5.74) is 0.623. The number of esters is 1. The Morgan fingerprint density at radius 3 is 2.71 bits per heavy atom. The van der Waals surface area contributed by atoms with Crippen LogP contribution in [0.3, 0.4) is 0 Å². The lowest BCUT2D eigenvalue weighted by atomic mass is 10.3. The van der Waals surface area contributed by atoms with E-state index in [-0.39, 0.29) is 10.6 Å². The van der Waals surface area contributed by atoms with Gasteiger partial charge in [-0.1, -0.05) is 29.3 Å². The molecule has 1 aromatic carbocycles. The van der Waals surface area contributed by atoms with Gasteiger partial charge in [0.25, 0.3) is 5.91 Å². The number of hydrogen-bond donors (Lipinski definition) is 1. The Balaban J connectivity index is 1.91. The van der Waals surface area contributed by atoms with E-state index in [4.69, 9.17) is 27.9 Å². The molecule has 1 heterocycles. The summed E-state index contributed by atoms with van der Waals surface area (Å²) < 4.78 is 4.87. The molecule has 0 saturated carbocycles. The van der Waals surface area contributed by atoms with Crippen LogP contribution in [0.1, 0.15) is 10.4 Å². The van der Waals surface area contributed by atoms with E-state index in [1.165, 1.54) is 12.4 Å². The lowest BCUT2D eigenvalue weighted by Crippen LogP contribution is -2.21. The van der Waals surface area contributed by atoms with E-state index < -0.39 is 18.5 Å². The third-order valence-corrected chi connectivity index (χ3v) is 3.28. The first-order valence-electron chi connectivity index (χ1n) is 5.89. The van der Waals surface area contributed by atoms with Crippen LogP contribution in [0.25, 0.3) is 0 Å². The predicted molar refractivity (Wildman–Crippen MR) is 79.6 cm³/mol. The highest BCUT2D eigenvalue weighted by Crippen LogP contribution is 2.29. The number of rotatable bonds is 4. The molecule has 2 aromatic rings. The van der Waals surface area contributed by atoms with Gasteiger partial charge in [0.2, 0.25) is 0 Å². The Hall–Kier alpha value is -2.11. The van der Waals surface area contributed by atoms with Crippen molar-refractivity contribution in [3.8, 4) is 0 Å². The van der Waals surface area contributed by atoms with Crippen molar-refractivity contribution in [1.82, 2.24) is 4.98 Å². The lowest BCUT2D eigenvalue weighted by molar-refractivity contribution is -0.119. The molecule has 0 radical (unpaired) electrons. The Labute approximate surface area is 130 Å². The first kappa shape index (κ1) is 15.3. The van der Waals surface area contributed by atoms with Crippen LogP contribution in [0, 0.1) is 0 Å². The Morgan fingerprint density at radius 1 is 1.19 bits per heavy atom. The topological polar surface area (TPSA) is 68.3 Å². The molecule has 0 saturated heterocycles. The summed E-state index contributed by atoms with van der Waals surface area (Å²) in [5.74, 6) is -1.15. The van der Waals surface area contributed by atoms with E-state index in [0.717, 1.165) is 0 Å². The van der Waals surface area contributed by atoms with Crippen molar-refractivity contribution in [2.45, 2.75) is 0 Å². The Kier molecular flexibility index (Phi) is 5.14. The molecule has 0 aliphatic rings. The zero-order valence-electron chi connectivity index (χ0n) is 10.7. The van der Waals surface area contributed by atoms with E-state index in [1.807, 2.05) is 0 Å². The molecule has 21 heavy (non-hydrogen) atoms. The van der Waals surface area contributed by atoms with Gasteiger partial charge < -0.3 is 10.1 Å². The van der Waals surface area contributed by atoms with Gasteiger partial charge in [0.1, 0.15) is 0 Å². The third kappa shape index (κ3) is 4.18. The first-order valence-corrected chi connectivity index (χ1v) is 6.64. The summed E-state index contributed by atoms with van der Waals surface area (Å²) in [4.78, 5) is 27.1. The summed E-state index contributed by atoms with van der Waals surface area (Å²) >= 11 is 11.8. The highest BCUT2D eigenvalue weighted by Gasteiger charge is 2.12. The SMILES string of the molecule is O=C(COC(=O)c1cccnc1)Nc1cccc(Cl)c1Cl. The second kappa shape index (κ2) is 7.06. The number of nitrogens with one attached hydrogen (secondary N) is 1. The van der Waals surface area contributed by atoms with Crippen LogP contribution in [-0.4, -0.2) is 23.5 Å². The molecule has 5 nitrogen and oxygen atoms in total. The van der Waals surface area contributed by atoms with E-state index in [1.54, 1.807) is 30.3 Å². The number of ether oxygens (including phenoxy) is 1. The molecule has 7 heteroatoms. The number of amides is 1. The monoisotopic (exact) mass is 324 g/mol. The molecule has 1 N–H and O–H groups in total. The highest BCUT2D eigenvalue weighted by molar-refractivity contribution is 6.44. The van der Waals surface area contributed by atoms with Crippen molar-refractivity contribution in [2.24, 2.45) is 0 Å².